The van der Waals surface area contributed by atoms with Crippen molar-refractivity contribution in [3.63, 3.8) is 0 Å². The molecule has 1 aliphatic rings. The lowest BCUT2D eigenvalue weighted by Gasteiger charge is -2.18. The Morgan fingerprint density at radius 3 is 2.82 bits per heavy atom. The second kappa shape index (κ2) is 7.15. The SMILES string of the molecule is CCOc1c(CCN2CC(C(=O)O)CC2=O)cccc1OC. The van der Waals surface area contributed by atoms with E-state index in [1.807, 2.05) is 25.1 Å². The summed E-state index contributed by atoms with van der Waals surface area (Å²) >= 11 is 0. The van der Waals surface area contributed by atoms with Crippen LogP contribution in [0.5, 0.6) is 11.5 Å². The normalized spacial score (nSPS) is 17.6. The summed E-state index contributed by atoms with van der Waals surface area (Å²) in [7, 11) is 1.59. The number of nitrogens with zero attached hydrogens (tertiary/aromatic N) is 1. The van der Waals surface area contributed by atoms with Gasteiger partial charge in [0.15, 0.2) is 11.5 Å². The van der Waals surface area contributed by atoms with Gasteiger partial charge in [0.05, 0.1) is 19.6 Å². The lowest BCUT2D eigenvalue weighted by atomic mass is 10.1. The van der Waals surface area contributed by atoms with Crippen molar-refractivity contribution in [2.45, 2.75) is 19.8 Å². The molecule has 1 aliphatic heterocycles. The molecule has 1 fully saturated rings. The average molecular weight is 307 g/mol. The van der Waals surface area contributed by atoms with Crippen LogP contribution in [0.1, 0.15) is 18.9 Å². The van der Waals surface area contributed by atoms with E-state index in [0.29, 0.717) is 31.1 Å². The number of amides is 1. The minimum Gasteiger partial charge on any atom is -0.493 e. The highest BCUT2D eigenvalue weighted by atomic mass is 16.5. The number of para-hydroxylation sites is 1. The van der Waals surface area contributed by atoms with E-state index in [1.165, 1.54) is 0 Å². The summed E-state index contributed by atoms with van der Waals surface area (Å²) in [5, 5.41) is 9.00. The van der Waals surface area contributed by atoms with Crippen LogP contribution < -0.4 is 9.47 Å². The van der Waals surface area contributed by atoms with Gasteiger partial charge in [-0.2, -0.15) is 0 Å². The maximum atomic E-state index is 11.9. The predicted molar refractivity (Wildman–Crippen MR) is 80.2 cm³/mol. The molecule has 0 saturated carbocycles. The first-order valence-electron chi connectivity index (χ1n) is 7.36. The minimum absolute atomic E-state index is 0.0890. The summed E-state index contributed by atoms with van der Waals surface area (Å²) in [5.41, 5.74) is 0.952. The van der Waals surface area contributed by atoms with E-state index in [2.05, 4.69) is 0 Å². The van der Waals surface area contributed by atoms with Gasteiger partial charge in [-0.3, -0.25) is 9.59 Å². The number of likely N-dealkylation sites (tertiary alicyclic amines) is 1. The van der Waals surface area contributed by atoms with Crippen molar-refractivity contribution in [1.82, 2.24) is 4.90 Å². The molecule has 1 N–H and O–H groups in total. The Morgan fingerprint density at radius 1 is 1.45 bits per heavy atom. The van der Waals surface area contributed by atoms with Crippen molar-refractivity contribution in [1.29, 1.82) is 0 Å². The number of carboxylic acid groups (broad SMARTS) is 1. The number of ether oxygens (including phenoxy) is 2. The number of carboxylic acids is 1. The third-order valence-corrected chi connectivity index (χ3v) is 3.78. The summed E-state index contributed by atoms with van der Waals surface area (Å²) in [4.78, 5) is 24.4. The van der Waals surface area contributed by atoms with E-state index in [9.17, 15) is 9.59 Å². The molecule has 0 spiro atoms. The molecular weight excluding hydrogens is 286 g/mol. The van der Waals surface area contributed by atoms with Crippen LogP contribution in [0.4, 0.5) is 0 Å². The number of hydrogen-bond acceptors (Lipinski definition) is 4. The number of aliphatic carboxylic acids is 1. The Bertz CT molecular complexity index is 557. The fraction of sp³-hybridized carbons (Fsp3) is 0.500. The summed E-state index contributed by atoms with van der Waals surface area (Å²) in [6.45, 7) is 3.19. The van der Waals surface area contributed by atoms with E-state index < -0.39 is 11.9 Å². The molecule has 0 bridgehead atoms. The van der Waals surface area contributed by atoms with Gasteiger partial charge in [-0.05, 0) is 25.0 Å². The van der Waals surface area contributed by atoms with E-state index in [4.69, 9.17) is 14.6 Å². The summed E-state index contributed by atoms with van der Waals surface area (Å²) in [5.74, 6) is -0.255. The Kier molecular flexibility index (Phi) is 5.25. The summed E-state index contributed by atoms with van der Waals surface area (Å²) in [6, 6.07) is 5.64. The monoisotopic (exact) mass is 307 g/mol. The highest BCUT2D eigenvalue weighted by Crippen LogP contribution is 2.31. The van der Waals surface area contributed by atoms with Crippen molar-refractivity contribution in [2.75, 3.05) is 26.8 Å². The van der Waals surface area contributed by atoms with Gasteiger partial charge < -0.3 is 19.5 Å². The van der Waals surface area contributed by atoms with Gasteiger partial charge in [0.25, 0.3) is 0 Å². The van der Waals surface area contributed by atoms with Crippen molar-refractivity contribution < 1.29 is 24.2 Å². The molecular formula is C16H21NO5. The topological polar surface area (TPSA) is 76.1 Å². The van der Waals surface area contributed by atoms with Crippen LogP contribution in [0.3, 0.4) is 0 Å². The molecule has 1 aromatic rings. The zero-order valence-corrected chi connectivity index (χ0v) is 12.9. The van der Waals surface area contributed by atoms with Crippen LogP contribution in [0.25, 0.3) is 0 Å². The molecule has 6 nitrogen and oxygen atoms in total. The van der Waals surface area contributed by atoms with Crippen LogP contribution in [-0.2, 0) is 16.0 Å². The van der Waals surface area contributed by atoms with Crippen molar-refractivity contribution in [3.8, 4) is 11.5 Å². The second-order valence-corrected chi connectivity index (χ2v) is 5.21. The van der Waals surface area contributed by atoms with Crippen LogP contribution in [0.15, 0.2) is 18.2 Å². The van der Waals surface area contributed by atoms with Crippen molar-refractivity contribution in [3.05, 3.63) is 23.8 Å². The molecule has 1 unspecified atom stereocenters. The van der Waals surface area contributed by atoms with Gasteiger partial charge in [0, 0.05) is 19.5 Å². The van der Waals surface area contributed by atoms with Gasteiger partial charge in [-0.25, -0.2) is 0 Å². The maximum absolute atomic E-state index is 11.9. The largest absolute Gasteiger partial charge is 0.493 e. The van der Waals surface area contributed by atoms with Gasteiger partial charge in [-0.15, -0.1) is 0 Å². The van der Waals surface area contributed by atoms with Crippen LogP contribution in [-0.4, -0.2) is 48.7 Å². The van der Waals surface area contributed by atoms with Crippen LogP contribution >= 0.6 is 0 Å². The quantitative estimate of drug-likeness (QED) is 0.827. The summed E-state index contributed by atoms with van der Waals surface area (Å²) in [6.07, 6.45) is 0.691. The molecule has 22 heavy (non-hydrogen) atoms. The van der Waals surface area contributed by atoms with Crippen LogP contribution in [0.2, 0.25) is 0 Å². The number of rotatable bonds is 7. The lowest BCUT2D eigenvalue weighted by molar-refractivity contribution is -0.141. The molecule has 2 rings (SSSR count). The molecule has 1 amide bonds. The zero-order valence-electron chi connectivity index (χ0n) is 12.9. The molecule has 1 aromatic carbocycles. The van der Waals surface area contributed by atoms with Gasteiger partial charge in [0.1, 0.15) is 0 Å². The smallest absolute Gasteiger partial charge is 0.308 e. The number of carbonyl (C=O) groups excluding carboxylic acids is 1. The third-order valence-electron chi connectivity index (χ3n) is 3.78. The lowest BCUT2D eigenvalue weighted by Crippen LogP contribution is -2.28. The maximum Gasteiger partial charge on any atom is 0.308 e. The first-order chi connectivity index (χ1) is 10.6. The van der Waals surface area contributed by atoms with Gasteiger partial charge in [0.2, 0.25) is 5.91 Å². The molecule has 0 aromatic heterocycles. The van der Waals surface area contributed by atoms with E-state index in [-0.39, 0.29) is 18.9 Å². The molecule has 1 saturated heterocycles. The van der Waals surface area contributed by atoms with E-state index in [1.54, 1.807) is 12.0 Å². The summed E-state index contributed by atoms with van der Waals surface area (Å²) < 4.78 is 10.9. The molecule has 0 aliphatic carbocycles. The minimum atomic E-state index is -0.910. The van der Waals surface area contributed by atoms with Crippen molar-refractivity contribution >= 4 is 11.9 Å². The van der Waals surface area contributed by atoms with E-state index >= 15 is 0 Å². The van der Waals surface area contributed by atoms with Gasteiger partial charge in [-0.1, -0.05) is 12.1 Å². The number of carbonyl (C=O) groups is 2. The molecule has 1 heterocycles. The Hall–Kier alpha value is -2.24. The highest BCUT2D eigenvalue weighted by Gasteiger charge is 2.33. The molecule has 0 radical (unpaired) electrons. The Morgan fingerprint density at radius 2 is 2.23 bits per heavy atom. The predicted octanol–water partition coefficient (Wildman–Crippen LogP) is 1.57. The Balaban J connectivity index is 2.05. The standard InChI is InChI=1S/C16H21NO5/c1-3-22-15-11(5-4-6-13(15)21-2)7-8-17-10-12(16(19)20)9-14(17)18/h4-6,12H,3,7-10H2,1-2H3,(H,19,20). The Labute approximate surface area is 129 Å². The fourth-order valence-corrected chi connectivity index (χ4v) is 2.64. The first kappa shape index (κ1) is 16.1. The number of methoxy groups -OCH3 is 1. The zero-order chi connectivity index (χ0) is 16.1. The molecule has 120 valence electrons. The van der Waals surface area contributed by atoms with Gasteiger partial charge >= 0.3 is 5.97 Å². The molecule has 1 atom stereocenters. The van der Waals surface area contributed by atoms with Crippen molar-refractivity contribution in [2.24, 2.45) is 5.92 Å². The third kappa shape index (κ3) is 3.50. The number of hydrogen-bond donors (Lipinski definition) is 1. The molecule has 6 heteroatoms. The second-order valence-electron chi connectivity index (χ2n) is 5.21. The average Bonchev–Trinajstić information content (AvgIpc) is 2.88. The fourth-order valence-electron chi connectivity index (χ4n) is 2.64. The van der Waals surface area contributed by atoms with Crippen LogP contribution in [0, 0.1) is 5.92 Å². The number of benzene rings is 1. The van der Waals surface area contributed by atoms with E-state index in [0.717, 1.165) is 5.56 Å². The first-order valence-corrected chi connectivity index (χ1v) is 7.36. The highest BCUT2D eigenvalue weighted by molar-refractivity contribution is 5.86.